The third-order valence-corrected chi connectivity index (χ3v) is 8.40. The van der Waals surface area contributed by atoms with Crippen LogP contribution in [0, 0.1) is 5.92 Å². The van der Waals surface area contributed by atoms with Gasteiger partial charge < -0.3 is 14.8 Å². The summed E-state index contributed by atoms with van der Waals surface area (Å²) in [4.78, 5) is 15.5. The summed E-state index contributed by atoms with van der Waals surface area (Å²) in [6, 6.07) is 13.7. The molecule has 0 bridgehead atoms. The van der Waals surface area contributed by atoms with E-state index < -0.39 is 0 Å². The maximum absolute atomic E-state index is 13.0. The van der Waals surface area contributed by atoms with Gasteiger partial charge in [-0.2, -0.15) is 0 Å². The zero-order valence-electron chi connectivity index (χ0n) is 20.4. The number of ether oxygens (including phenoxy) is 2. The normalized spacial score (nSPS) is 26.6. The summed E-state index contributed by atoms with van der Waals surface area (Å²) in [5.41, 5.74) is 1.98. The van der Waals surface area contributed by atoms with Crippen LogP contribution in [0.4, 0.5) is 0 Å². The van der Waals surface area contributed by atoms with Crippen LogP contribution in [-0.4, -0.2) is 56.8 Å². The van der Waals surface area contributed by atoms with Crippen LogP contribution >= 0.6 is 23.2 Å². The van der Waals surface area contributed by atoms with Gasteiger partial charge in [0.05, 0.1) is 29.7 Å². The van der Waals surface area contributed by atoms with Gasteiger partial charge in [-0.05, 0) is 61.2 Å². The molecule has 1 aliphatic heterocycles. The van der Waals surface area contributed by atoms with Gasteiger partial charge in [-0.15, -0.1) is 6.58 Å². The van der Waals surface area contributed by atoms with Gasteiger partial charge in [-0.3, -0.25) is 9.69 Å². The van der Waals surface area contributed by atoms with Crippen molar-refractivity contribution in [3.05, 3.63) is 76.3 Å². The SMILES string of the molecule is C=CCN1CC[C@@]2(c3cccc(OC)c3)C[C@@H](NC(=O)Cc3ccc(Cl)c(Cl)c3)CC(OC)[C@@H]2C1. The van der Waals surface area contributed by atoms with Gasteiger partial charge in [0.25, 0.3) is 0 Å². The quantitative estimate of drug-likeness (QED) is 0.484. The Kier molecular flexibility index (Phi) is 8.43. The number of hydrogen-bond donors (Lipinski definition) is 1. The molecule has 1 amide bonds. The Balaban J connectivity index is 1.60. The van der Waals surface area contributed by atoms with Crippen LogP contribution in [0.5, 0.6) is 5.75 Å². The van der Waals surface area contributed by atoms with E-state index in [1.807, 2.05) is 18.2 Å². The van der Waals surface area contributed by atoms with E-state index in [0.717, 1.165) is 50.2 Å². The Morgan fingerprint density at radius 2 is 2.06 bits per heavy atom. The number of carbonyl (C=O) groups is 1. The predicted octanol–water partition coefficient (Wildman–Crippen LogP) is 5.28. The summed E-state index contributed by atoms with van der Waals surface area (Å²) >= 11 is 12.2. The largest absolute Gasteiger partial charge is 0.497 e. The van der Waals surface area contributed by atoms with Gasteiger partial charge in [0.1, 0.15) is 5.75 Å². The summed E-state index contributed by atoms with van der Waals surface area (Å²) in [5, 5.41) is 4.25. The van der Waals surface area contributed by atoms with E-state index >= 15 is 0 Å². The van der Waals surface area contributed by atoms with Gasteiger partial charge in [-0.1, -0.05) is 47.5 Å². The van der Waals surface area contributed by atoms with Gasteiger partial charge in [0.2, 0.25) is 5.91 Å². The Labute approximate surface area is 218 Å². The van der Waals surface area contributed by atoms with Crippen LogP contribution in [-0.2, 0) is 21.4 Å². The maximum Gasteiger partial charge on any atom is 0.224 e. The molecule has 1 saturated carbocycles. The molecule has 1 aliphatic carbocycles. The summed E-state index contributed by atoms with van der Waals surface area (Å²) in [6.45, 7) is 6.71. The van der Waals surface area contributed by atoms with E-state index in [1.165, 1.54) is 5.56 Å². The Hall–Kier alpha value is -2.05. The van der Waals surface area contributed by atoms with Gasteiger partial charge >= 0.3 is 0 Å². The van der Waals surface area contributed by atoms with Crippen LogP contribution < -0.4 is 10.1 Å². The van der Waals surface area contributed by atoms with Crippen molar-refractivity contribution in [2.24, 2.45) is 5.92 Å². The molecule has 35 heavy (non-hydrogen) atoms. The molecule has 4 atom stereocenters. The first-order chi connectivity index (χ1) is 16.9. The molecule has 1 heterocycles. The first-order valence-corrected chi connectivity index (χ1v) is 12.9. The first kappa shape index (κ1) is 26.0. The number of likely N-dealkylation sites (tertiary alicyclic amines) is 1. The van der Waals surface area contributed by atoms with Gasteiger partial charge in [-0.25, -0.2) is 0 Å². The fraction of sp³-hybridized carbons (Fsp3) is 0.464. The number of nitrogens with one attached hydrogen (secondary N) is 1. The van der Waals surface area contributed by atoms with Crippen LogP contribution in [0.25, 0.3) is 0 Å². The molecule has 2 aliphatic rings. The second-order valence-corrected chi connectivity index (χ2v) is 10.5. The van der Waals surface area contributed by atoms with Crippen molar-refractivity contribution < 1.29 is 14.3 Å². The minimum Gasteiger partial charge on any atom is -0.497 e. The van der Waals surface area contributed by atoms with Crippen molar-refractivity contribution in [3.63, 3.8) is 0 Å². The van der Waals surface area contributed by atoms with Crippen LogP contribution in [0.1, 0.15) is 30.4 Å². The summed E-state index contributed by atoms with van der Waals surface area (Å²) in [7, 11) is 3.49. The molecule has 0 radical (unpaired) electrons. The number of hydrogen-bond acceptors (Lipinski definition) is 4. The van der Waals surface area contributed by atoms with Crippen LogP contribution in [0.3, 0.4) is 0 Å². The van der Waals surface area contributed by atoms with Crippen molar-refractivity contribution in [2.45, 2.75) is 43.2 Å². The molecule has 1 N–H and O–H groups in total. The third kappa shape index (κ3) is 5.69. The second kappa shape index (κ2) is 11.3. The van der Waals surface area contributed by atoms with Gasteiger partial charge in [0.15, 0.2) is 0 Å². The number of halogens is 2. The van der Waals surface area contributed by atoms with Crippen molar-refractivity contribution in [2.75, 3.05) is 33.9 Å². The Morgan fingerprint density at radius 3 is 2.77 bits per heavy atom. The highest BCUT2D eigenvalue weighted by Gasteiger charge is 2.52. The molecule has 1 saturated heterocycles. The number of carbonyl (C=O) groups excluding carboxylic acids is 1. The van der Waals surface area contributed by atoms with Crippen molar-refractivity contribution in [1.82, 2.24) is 10.2 Å². The molecule has 2 aromatic carbocycles. The highest BCUT2D eigenvalue weighted by Crippen LogP contribution is 2.50. The fourth-order valence-corrected chi connectivity index (χ4v) is 6.34. The molecule has 2 aromatic rings. The standard InChI is InChI=1S/C28H34Cl2N2O3/c1-4-11-32-12-10-28(20-6-5-7-22(15-20)34-2)17-21(16-26(35-3)23(28)18-32)31-27(33)14-19-8-9-24(29)25(30)13-19/h4-9,13,15,21,23,26H,1,10-12,14,16-18H2,2-3H3,(H,31,33)/t21-,23-,26?,28-/m0/s1. The Morgan fingerprint density at radius 1 is 1.23 bits per heavy atom. The molecule has 1 unspecified atom stereocenters. The van der Waals surface area contributed by atoms with Crippen LogP contribution in [0.15, 0.2) is 55.1 Å². The van der Waals surface area contributed by atoms with Crippen molar-refractivity contribution in [1.29, 1.82) is 0 Å². The minimum atomic E-state index is -0.118. The zero-order chi connectivity index (χ0) is 25.0. The number of benzene rings is 2. The van der Waals surface area contributed by atoms with E-state index in [0.29, 0.717) is 16.0 Å². The summed E-state index contributed by atoms with van der Waals surface area (Å²) < 4.78 is 11.6. The number of amides is 1. The molecule has 2 fully saturated rings. The molecule has 188 valence electrons. The lowest BCUT2D eigenvalue weighted by Crippen LogP contribution is -2.61. The topological polar surface area (TPSA) is 50.8 Å². The fourth-order valence-electron chi connectivity index (χ4n) is 6.02. The summed E-state index contributed by atoms with van der Waals surface area (Å²) in [6.07, 6.45) is 4.88. The molecule has 5 nitrogen and oxygen atoms in total. The van der Waals surface area contributed by atoms with E-state index in [1.54, 1.807) is 26.4 Å². The molecular weight excluding hydrogens is 483 g/mol. The van der Waals surface area contributed by atoms with Gasteiger partial charge in [0, 0.05) is 37.6 Å². The number of nitrogens with zero attached hydrogens (tertiary/aromatic N) is 1. The molecular formula is C28H34Cl2N2O3. The monoisotopic (exact) mass is 516 g/mol. The second-order valence-electron chi connectivity index (χ2n) is 9.70. The smallest absolute Gasteiger partial charge is 0.224 e. The maximum atomic E-state index is 13.0. The average molecular weight is 517 g/mol. The average Bonchev–Trinajstić information content (AvgIpc) is 2.86. The molecule has 4 rings (SSSR count). The first-order valence-electron chi connectivity index (χ1n) is 12.1. The number of fused-ring (bicyclic) bond motifs is 1. The van der Waals surface area contributed by atoms with E-state index in [-0.39, 0.29) is 29.9 Å². The molecule has 0 aromatic heterocycles. The van der Waals surface area contributed by atoms with E-state index in [4.69, 9.17) is 32.7 Å². The lowest BCUT2D eigenvalue weighted by molar-refractivity contribution is -0.123. The number of rotatable bonds is 8. The Bertz CT molecular complexity index is 1060. The molecule has 7 heteroatoms. The van der Waals surface area contributed by atoms with Crippen molar-refractivity contribution in [3.8, 4) is 5.75 Å². The van der Waals surface area contributed by atoms with E-state index in [9.17, 15) is 4.79 Å². The minimum absolute atomic E-state index is 0.00336. The van der Waals surface area contributed by atoms with Crippen LogP contribution in [0.2, 0.25) is 10.0 Å². The number of piperidine rings is 1. The summed E-state index contributed by atoms with van der Waals surface area (Å²) in [5.74, 6) is 1.13. The lowest BCUT2D eigenvalue weighted by atomic mass is 9.57. The highest BCUT2D eigenvalue weighted by atomic mass is 35.5. The lowest BCUT2D eigenvalue weighted by Gasteiger charge is -2.55. The molecule has 0 spiro atoms. The van der Waals surface area contributed by atoms with E-state index in [2.05, 4.69) is 35.0 Å². The zero-order valence-corrected chi connectivity index (χ0v) is 21.9. The number of methoxy groups -OCH3 is 2. The predicted molar refractivity (Wildman–Crippen MR) is 142 cm³/mol. The highest BCUT2D eigenvalue weighted by molar-refractivity contribution is 6.42. The third-order valence-electron chi connectivity index (χ3n) is 7.66. The van der Waals surface area contributed by atoms with Crippen molar-refractivity contribution >= 4 is 29.1 Å².